The first-order valence-electron chi connectivity index (χ1n) is 11.5. The van der Waals surface area contributed by atoms with Crippen LogP contribution in [0.5, 0.6) is 11.5 Å². The van der Waals surface area contributed by atoms with Crippen LogP contribution >= 0.6 is 0 Å². The molecule has 194 valence electrons. The van der Waals surface area contributed by atoms with Crippen LogP contribution in [0.3, 0.4) is 0 Å². The highest BCUT2D eigenvalue weighted by Gasteiger charge is 2.10. The van der Waals surface area contributed by atoms with Crippen LogP contribution < -0.4 is 25.5 Å². The van der Waals surface area contributed by atoms with Crippen LogP contribution in [0, 0.1) is 24.0 Å². The van der Waals surface area contributed by atoms with Crippen LogP contribution in [0.15, 0.2) is 65.8 Å². The number of hydrazone groups is 1. The largest absolute Gasteiger partial charge is 0.497 e. The number of nitro groups is 1. The smallest absolute Gasteiger partial charge is 0.269 e. The highest BCUT2D eigenvalue weighted by molar-refractivity contribution is 5.84. The van der Waals surface area contributed by atoms with Crippen LogP contribution in [0.2, 0.25) is 0 Å². The molecule has 1 heterocycles. The molecular formula is C26H26N8O4. The van der Waals surface area contributed by atoms with E-state index < -0.39 is 4.92 Å². The summed E-state index contributed by atoms with van der Waals surface area (Å²) >= 11 is 0. The van der Waals surface area contributed by atoms with E-state index in [4.69, 9.17) is 9.47 Å². The third kappa shape index (κ3) is 6.49. The Morgan fingerprint density at radius 3 is 2.11 bits per heavy atom. The molecule has 4 rings (SSSR count). The average Bonchev–Trinajstić information content (AvgIpc) is 2.91. The number of hydrogen-bond donors (Lipinski definition) is 3. The first kappa shape index (κ1) is 25.8. The van der Waals surface area contributed by atoms with Crippen LogP contribution in [0.1, 0.15) is 16.7 Å². The van der Waals surface area contributed by atoms with Gasteiger partial charge in [-0.15, -0.1) is 0 Å². The minimum atomic E-state index is -0.462. The van der Waals surface area contributed by atoms with Crippen molar-refractivity contribution in [1.29, 1.82) is 0 Å². The van der Waals surface area contributed by atoms with E-state index in [9.17, 15) is 10.1 Å². The Labute approximate surface area is 218 Å². The Kier molecular flexibility index (Phi) is 7.92. The molecule has 3 aromatic carbocycles. The molecule has 0 spiro atoms. The molecule has 12 heteroatoms. The monoisotopic (exact) mass is 514 g/mol. The number of non-ortho nitro benzene ring substituents is 1. The number of aryl methyl sites for hydroxylation is 2. The fourth-order valence-corrected chi connectivity index (χ4v) is 3.37. The van der Waals surface area contributed by atoms with Crippen LogP contribution in [-0.2, 0) is 0 Å². The summed E-state index contributed by atoms with van der Waals surface area (Å²) < 4.78 is 10.6. The number of aromatic nitrogens is 3. The fraction of sp³-hybridized carbons (Fsp3) is 0.154. The lowest BCUT2D eigenvalue weighted by atomic mass is 10.1. The molecule has 1 aromatic heterocycles. The fourth-order valence-electron chi connectivity index (χ4n) is 3.37. The van der Waals surface area contributed by atoms with Crippen molar-refractivity contribution in [2.24, 2.45) is 5.10 Å². The molecule has 0 atom stereocenters. The highest BCUT2D eigenvalue weighted by Crippen LogP contribution is 2.24. The van der Waals surface area contributed by atoms with Gasteiger partial charge in [-0.05, 0) is 61.4 Å². The minimum absolute atomic E-state index is 0.0195. The zero-order valence-electron chi connectivity index (χ0n) is 21.2. The molecule has 0 fully saturated rings. The molecule has 0 unspecified atom stereocenters. The normalized spacial score (nSPS) is 10.7. The Bertz CT molecular complexity index is 1480. The lowest BCUT2D eigenvalue weighted by molar-refractivity contribution is -0.384. The number of benzene rings is 3. The van der Waals surface area contributed by atoms with E-state index in [-0.39, 0.29) is 23.5 Å². The van der Waals surface area contributed by atoms with Crippen molar-refractivity contribution in [3.05, 3.63) is 87.5 Å². The summed E-state index contributed by atoms with van der Waals surface area (Å²) in [6, 6.07) is 17.2. The van der Waals surface area contributed by atoms with Gasteiger partial charge in [-0.25, -0.2) is 5.43 Å². The first-order valence-corrected chi connectivity index (χ1v) is 11.5. The van der Waals surface area contributed by atoms with Gasteiger partial charge in [0.25, 0.3) is 5.69 Å². The SMILES string of the molecule is COc1ccc(/C=N\Nc2nc(Nc3ccc([N+](=O)[O-])cc3)nc(Nc3ccc(C)c(C)c3)n2)c(OC)c1. The molecule has 0 aliphatic heterocycles. The van der Waals surface area contributed by atoms with Gasteiger partial charge in [0.15, 0.2) is 0 Å². The van der Waals surface area contributed by atoms with Crippen molar-refractivity contribution in [2.75, 3.05) is 30.3 Å². The van der Waals surface area contributed by atoms with Crippen molar-refractivity contribution in [3.63, 3.8) is 0 Å². The van der Waals surface area contributed by atoms with E-state index in [1.165, 1.54) is 12.1 Å². The Balaban J connectivity index is 1.60. The third-order valence-electron chi connectivity index (χ3n) is 5.54. The number of nitrogens with one attached hydrogen (secondary N) is 3. The van der Waals surface area contributed by atoms with Gasteiger partial charge in [0.2, 0.25) is 17.8 Å². The summed E-state index contributed by atoms with van der Waals surface area (Å²) in [5, 5.41) is 21.4. The van der Waals surface area contributed by atoms with Crippen molar-refractivity contribution in [3.8, 4) is 11.5 Å². The summed E-state index contributed by atoms with van der Waals surface area (Å²) in [4.78, 5) is 23.7. The zero-order valence-corrected chi connectivity index (χ0v) is 21.2. The predicted octanol–water partition coefficient (Wildman–Crippen LogP) is 5.35. The first-order chi connectivity index (χ1) is 18.3. The van der Waals surface area contributed by atoms with Crippen LogP contribution in [0.25, 0.3) is 0 Å². The second-order valence-electron chi connectivity index (χ2n) is 8.14. The molecule has 0 saturated heterocycles. The molecule has 38 heavy (non-hydrogen) atoms. The number of rotatable bonds is 10. The van der Waals surface area contributed by atoms with Crippen molar-refractivity contribution in [2.45, 2.75) is 13.8 Å². The van der Waals surface area contributed by atoms with E-state index in [1.54, 1.807) is 44.7 Å². The minimum Gasteiger partial charge on any atom is -0.497 e. The highest BCUT2D eigenvalue weighted by atomic mass is 16.6. The van der Waals surface area contributed by atoms with Gasteiger partial charge < -0.3 is 20.1 Å². The number of nitrogens with zero attached hydrogens (tertiary/aromatic N) is 5. The number of methoxy groups -OCH3 is 2. The van der Waals surface area contributed by atoms with Crippen LogP contribution in [-0.4, -0.2) is 40.3 Å². The van der Waals surface area contributed by atoms with Crippen molar-refractivity contribution in [1.82, 2.24) is 15.0 Å². The van der Waals surface area contributed by atoms with Gasteiger partial charge >= 0.3 is 0 Å². The molecule has 12 nitrogen and oxygen atoms in total. The molecule has 0 aliphatic rings. The van der Waals surface area contributed by atoms with Gasteiger partial charge in [0.05, 0.1) is 25.4 Å². The van der Waals surface area contributed by atoms with Crippen LogP contribution in [0.4, 0.5) is 34.9 Å². The van der Waals surface area contributed by atoms with Gasteiger partial charge in [-0.2, -0.15) is 20.1 Å². The van der Waals surface area contributed by atoms with E-state index in [0.29, 0.717) is 22.7 Å². The summed E-state index contributed by atoms with van der Waals surface area (Å²) in [6.07, 6.45) is 1.57. The van der Waals surface area contributed by atoms with Crippen molar-refractivity contribution >= 4 is 41.1 Å². The van der Waals surface area contributed by atoms with E-state index in [0.717, 1.165) is 16.8 Å². The summed E-state index contributed by atoms with van der Waals surface area (Å²) in [6.45, 7) is 4.05. The maximum Gasteiger partial charge on any atom is 0.269 e. The number of nitro benzene ring substituents is 1. The second-order valence-corrected chi connectivity index (χ2v) is 8.14. The molecule has 0 aliphatic carbocycles. The third-order valence-corrected chi connectivity index (χ3v) is 5.54. The lowest BCUT2D eigenvalue weighted by Gasteiger charge is -2.11. The van der Waals surface area contributed by atoms with E-state index in [2.05, 4.69) is 36.1 Å². The van der Waals surface area contributed by atoms with E-state index >= 15 is 0 Å². The molecule has 0 saturated carbocycles. The van der Waals surface area contributed by atoms with Gasteiger partial charge in [-0.1, -0.05) is 6.07 Å². The molecule has 3 N–H and O–H groups in total. The predicted molar refractivity (Wildman–Crippen MR) is 146 cm³/mol. The Hall–Kier alpha value is -5.26. The van der Waals surface area contributed by atoms with Gasteiger partial charge in [0, 0.05) is 35.1 Å². The number of anilines is 5. The molecule has 0 amide bonds. The number of hydrogen-bond acceptors (Lipinski definition) is 11. The lowest BCUT2D eigenvalue weighted by Crippen LogP contribution is -2.07. The molecule has 0 radical (unpaired) electrons. The van der Waals surface area contributed by atoms with Gasteiger partial charge in [0.1, 0.15) is 11.5 Å². The van der Waals surface area contributed by atoms with E-state index in [1.807, 2.05) is 38.1 Å². The summed E-state index contributed by atoms with van der Waals surface area (Å²) in [5.74, 6) is 1.89. The maximum absolute atomic E-state index is 11.0. The van der Waals surface area contributed by atoms with Gasteiger partial charge in [-0.3, -0.25) is 10.1 Å². The van der Waals surface area contributed by atoms with Crippen molar-refractivity contribution < 1.29 is 14.4 Å². The molecular weight excluding hydrogens is 488 g/mol. The molecule has 4 aromatic rings. The molecule has 0 bridgehead atoms. The standard InChI is InChI=1S/C26H26N8O4/c1-16-5-7-20(13-17(16)2)29-25-30-24(28-19-8-10-21(11-9-19)34(35)36)31-26(32-25)33-27-15-18-6-12-22(37-3)14-23(18)38-4/h5-15H,1-4H3,(H3,28,29,30,31,32,33)/b27-15-. The quantitative estimate of drug-likeness (QED) is 0.144. The maximum atomic E-state index is 11.0. The Morgan fingerprint density at radius 2 is 1.47 bits per heavy atom. The number of ether oxygens (including phenoxy) is 2. The zero-order chi connectivity index (χ0) is 27.1. The summed E-state index contributed by atoms with van der Waals surface area (Å²) in [7, 11) is 3.14. The Morgan fingerprint density at radius 1 is 0.816 bits per heavy atom. The average molecular weight is 515 g/mol. The topological polar surface area (TPSA) is 149 Å². The summed E-state index contributed by atoms with van der Waals surface area (Å²) in [5.41, 5.74) is 7.17. The second kappa shape index (κ2) is 11.6.